The van der Waals surface area contributed by atoms with E-state index in [9.17, 15) is 4.79 Å². The Bertz CT molecular complexity index is 532. The Kier molecular flexibility index (Phi) is 2.72. The summed E-state index contributed by atoms with van der Waals surface area (Å²) >= 11 is 0. The highest BCUT2D eigenvalue weighted by Crippen LogP contribution is 2.24. The van der Waals surface area contributed by atoms with Crippen molar-refractivity contribution in [3.05, 3.63) is 36.0 Å². The van der Waals surface area contributed by atoms with E-state index >= 15 is 0 Å². The number of carboxylic acid groups (broad SMARTS) is 1. The maximum Gasteiger partial charge on any atom is 0.322 e. The molecule has 82 valence electrons. The van der Waals surface area contributed by atoms with Gasteiger partial charge in [0.15, 0.2) is 0 Å². The van der Waals surface area contributed by atoms with Crippen LogP contribution in [0.5, 0.6) is 0 Å². The molecular weight excluding hydrogens is 204 g/mol. The molecule has 0 spiro atoms. The second kappa shape index (κ2) is 4.18. The fourth-order valence-corrected chi connectivity index (χ4v) is 1.70. The highest BCUT2D eigenvalue weighted by atomic mass is 16.4. The average molecular weight is 216 g/mol. The van der Waals surface area contributed by atoms with Crippen molar-refractivity contribution in [1.82, 2.24) is 4.98 Å². The topological polar surface area (TPSA) is 62.2 Å². The smallest absolute Gasteiger partial charge is 0.322 e. The van der Waals surface area contributed by atoms with E-state index in [0.717, 1.165) is 16.3 Å². The first-order valence-electron chi connectivity index (χ1n) is 4.98. The number of aliphatic carboxylic acids is 1. The van der Waals surface area contributed by atoms with Crippen LogP contribution in [-0.2, 0) is 4.79 Å². The van der Waals surface area contributed by atoms with Gasteiger partial charge in [0, 0.05) is 11.6 Å². The van der Waals surface area contributed by atoms with Crippen molar-refractivity contribution in [3.8, 4) is 0 Å². The lowest BCUT2D eigenvalue weighted by Gasteiger charge is -2.08. The summed E-state index contributed by atoms with van der Waals surface area (Å²) in [5.74, 6) is -0.273. The number of aromatic nitrogens is 1. The van der Waals surface area contributed by atoms with E-state index in [1.165, 1.54) is 0 Å². The lowest BCUT2D eigenvalue weighted by atomic mass is 10.1. The summed E-state index contributed by atoms with van der Waals surface area (Å²) in [6, 6.07) is 7.85. The molecule has 2 N–H and O–H groups in total. The van der Waals surface area contributed by atoms with Crippen molar-refractivity contribution in [3.63, 3.8) is 0 Å². The van der Waals surface area contributed by atoms with E-state index in [-0.39, 0.29) is 6.54 Å². The van der Waals surface area contributed by atoms with E-state index in [0.29, 0.717) is 5.82 Å². The number of pyridine rings is 1. The van der Waals surface area contributed by atoms with Crippen molar-refractivity contribution >= 4 is 22.6 Å². The first kappa shape index (κ1) is 10.4. The first-order chi connectivity index (χ1) is 7.68. The van der Waals surface area contributed by atoms with E-state index in [1.807, 2.05) is 31.2 Å². The number of carboxylic acids is 1. The average Bonchev–Trinajstić information content (AvgIpc) is 2.26. The number of hydrogen-bond acceptors (Lipinski definition) is 3. The molecule has 0 amide bonds. The van der Waals surface area contributed by atoms with Crippen LogP contribution in [0.3, 0.4) is 0 Å². The first-order valence-corrected chi connectivity index (χ1v) is 4.98. The number of nitrogens with one attached hydrogen (secondary N) is 1. The molecule has 0 atom stereocenters. The zero-order valence-electron chi connectivity index (χ0n) is 8.90. The molecule has 4 heteroatoms. The van der Waals surface area contributed by atoms with Crippen LogP contribution in [0.4, 0.5) is 5.82 Å². The minimum atomic E-state index is -0.896. The van der Waals surface area contributed by atoms with Gasteiger partial charge in [0.1, 0.15) is 12.4 Å². The molecule has 1 aromatic heterocycles. The lowest BCUT2D eigenvalue weighted by molar-refractivity contribution is -0.134. The zero-order chi connectivity index (χ0) is 11.5. The molecule has 0 saturated heterocycles. The number of benzene rings is 1. The maximum atomic E-state index is 10.5. The Balaban J connectivity index is 2.48. The number of hydrogen-bond donors (Lipinski definition) is 2. The number of aryl methyl sites for hydroxylation is 1. The van der Waals surface area contributed by atoms with Crippen LogP contribution in [-0.4, -0.2) is 22.6 Å². The molecule has 16 heavy (non-hydrogen) atoms. The third-order valence-corrected chi connectivity index (χ3v) is 2.41. The largest absolute Gasteiger partial charge is 0.480 e. The van der Waals surface area contributed by atoms with Gasteiger partial charge in [-0.3, -0.25) is 4.79 Å². The quantitative estimate of drug-likeness (QED) is 0.824. The maximum absolute atomic E-state index is 10.5. The van der Waals surface area contributed by atoms with Gasteiger partial charge in [-0.05, 0) is 23.9 Å². The second-order valence-electron chi connectivity index (χ2n) is 3.58. The highest BCUT2D eigenvalue weighted by Gasteiger charge is 2.05. The Morgan fingerprint density at radius 2 is 2.25 bits per heavy atom. The molecule has 0 fully saturated rings. The Morgan fingerprint density at radius 3 is 3.00 bits per heavy atom. The van der Waals surface area contributed by atoms with Crippen molar-refractivity contribution in [2.75, 3.05) is 11.9 Å². The van der Waals surface area contributed by atoms with Gasteiger partial charge in [0.2, 0.25) is 0 Å². The Morgan fingerprint density at radius 1 is 1.44 bits per heavy atom. The number of anilines is 1. The SMILES string of the molecule is Cc1cccc2ccnc(NCC(=O)O)c12. The molecule has 0 aliphatic rings. The molecule has 1 aromatic carbocycles. The minimum absolute atomic E-state index is 0.125. The summed E-state index contributed by atoms with van der Waals surface area (Å²) in [5.41, 5.74) is 1.08. The van der Waals surface area contributed by atoms with E-state index in [2.05, 4.69) is 10.3 Å². The molecule has 1 heterocycles. The van der Waals surface area contributed by atoms with Gasteiger partial charge in [-0.1, -0.05) is 18.2 Å². The Labute approximate surface area is 92.9 Å². The summed E-state index contributed by atoms with van der Waals surface area (Å²) in [6.07, 6.45) is 1.67. The molecule has 0 saturated carbocycles. The predicted molar refractivity (Wildman–Crippen MR) is 62.6 cm³/mol. The van der Waals surface area contributed by atoms with Crippen LogP contribution in [0.25, 0.3) is 10.8 Å². The standard InChI is InChI=1S/C12H12N2O2/c1-8-3-2-4-9-5-6-13-12(11(8)9)14-7-10(15)16/h2-6H,7H2,1H3,(H,13,14)(H,15,16). The molecule has 0 aliphatic heterocycles. The molecule has 0 aliphatic carbocycles. The minimum Gasteiger partial charge on any atom is -0.480 e. The second-order valence-corrected chi connectivity index (χ2v) is 3.58. The fourth-order valence-electron chi connectivity index (χ4n) is 1.70. The van der Waals surface area contributed by atoms with Gasteiger partial charge < -0.3 is 10.4 Å². The van der Waals surface area contributed by atoms with Crippen molar-refractivity contribution in [2.24, 2.45) is 0 Å². The molecule has 2 rings (SSSR count). The summed E-state index contributed by atoms with van der Waals surface area (Å²) in [7, 11) is 0. The molecule has 0 bridgehead atoms. The molecular formula is C12H12N2O2. The highest BCUT2D eigenvalue weighted by molar-refractivity contribution is 5.95. The predicted octanol–water partition coefficient (Wildman–Crippen LogP) is 2.04. The van der Waals surface area contributed by atoms with Gasteiger partial charge in [0.25, 0.3) is 0 Å². The molecule has 0 radical (unpaired) electrons. The van der Waals surface area contributed by atoms with Gasteiger partial charge in [-0.15, -0.1) is 0 Å². The van der Waals surface area contributed by atoms with E-state index < -0.39 is 5.97 Å². The number of nitrogens with zero attached hydrogens (tertiary/aromatic N) is 1. The third kappa shape index (κ3) is 1.95. The van der Waals surface area contributed by atoms with Crippen LogP contribution < -0.4 is 5.32 Å². The monoisotopic (exact) mass is 216 g/mol. The fraction of sp³-hybridized carbons (Fsp3) is 0.167. The summed E-state index contributed by atoms with van der Waals surface area (Å²) < 4.78 is 0. The normalized spacial score (nSPS) is 10.3. The molecule has 4 nitrogen and oxygen atoms in total. The van der Waals surface area contributed by atoms with E-state index in [4.69, 9.17) is 5.11 Å². The summed E-state index contributed by atoms with van der Waals surface area (Å²) in [4.78, 5) is 14.7. The summed E-state index contributed by atoms with van der Waals surface area (Å²) in [5, 5.41) is 13.5. The van der Waals surface area contributed by atoms with Crippen LogP contribution in [0, 0.1) is 6.92 Å². The van der Waals surface area contributed by atoms with Gasteiger partial charge >= 0.3 is 5.97 Å². The third-order valence-electron chi connectivity index (χ3n) is 2.41. The van der Waals surface area contributed by atoms with Crippen molar-refractivity contribution in [2.45, 2.75) is 6.92 Å². The zero-order valence-corrected chi connectivity index (χ0v) is 8.90. The van der Waals surface area contributed by atoms with Crippen molar-refractivity contribution in [1.29, 1.82) is 0 Å². The lowest BCUT2D eigenvalue weighted by Crippen LogP contribution is -2.13. The van der Waals surface area contributed by atoms with Crippen LogP contribution in [0.2, 0.25) is 0 Å². The van der Waals surface area contributed by atoms with Crippen LogP contribution >= 0.6 is 0 Å². The molecule has 2 aromatic rings. The molecule has 0 unspecified atom stereocenters. The number of rotatable bonds is 3. The summed E-state index contributed by atoms with van der Waals surface area (Å²) in [6.45, 7) is 1.86. The van der Waals surface area contributed by atoms with E-state index in [1.54, 1.807) is 6.20 Å². The van der Waals surface area contributed by atoms with Crippen LogP contribution in [0.1, 0.15) is 5.56 Å². The van der Waals surface area contributed by atoms with Crippen LogP contribution in [0.15, 0.2) is 30.5 Å². The van der Waals surface area contributed by atoms with Gasteiger partial charge in [-0.25, -0.2) is 4.98 Å². The Hall–Kier alpha value is -2.10. The number of fused-ring (bicyclic) bond motifs is 1. The van der Waals surface area contributed by atoms with Gasteiger partial charge in [-0.2, -0.15) is 0 Å². The van der Waals surface area contributed by atoms with Crippen molar-refractivity contribution < 1.29 is 9.90 Å². The van der Waals surface area contributed by atoms with Gasteiger partial charge in [0.05, 0.1) is 0 Å². The number of carbonyl (C=O) groups is 1.